The maximum atomic E-state index is 12.9. The Morgan fingerprint density at radius 1 is 0.860 bits per heavy atom. The highest BCUT2D eigenvalue weighted by Gasteiger charge is 2.22. The first-order chi connectivity index (χ1) is 21.1. The number of aromatic nitrogens is 5. The van der Waals surface area contributed by atoms with Crippen LogP contribution in [0.25, 0.3) is 33.9 Å². The third-order valence-electron chi connectivity index (χ3n) is 6.82. The third-order valence-corrected chi connectivity index (χ3v) is 7.31. The molecule has 0 aliphatic heterocycles. The summed E-state index contributed by atoms with van der Waals surface area (Å²) in [6.45, 7) is 2.83. The van der Waals surface area contributed by atoms with E-state index in [2.05, 4.69) is 72.5 Å². The van der Waals surface area contributed by atoms with Crippen molar-refractivity contribution in [3.63, 3.8) is 0 Å². The van der Waals surface area contributed by atoms with Crippen molar-refractivity contribution >= 4 is 27.5 Å². The summed E-state index contributed by atoms with van der Waals surface area (Å²) in [5.74, 6) is 1.21. The summed E-state index contributed by atoms with van der Waals surface area (Å²) in [6, 6.07) is 35.9. The molecule has 9 heteroatoms. The summed E-state index contributed by atoms with van der Waals surface area (Å²) >= 11 is 3.62. The number of benzene rings is 4. The minimum atomic E-state index is -0.225. The second-order valence-electron chi connectivity index (χ2n) is 9.85. The summed E-state index contributed by atoms with van der Waals surface area (Å²) in [6.07, 6.45) is 1.80. The Morgan fingerprint density at radius 3 is 2.30 bits per heavy atom. The molecule has 0 atom stereocenters. The number of nitrogens with zero attached hydrogens (tertiary/aromatic N) is 5. The van der Waals surface area contributed by atoms with Gasteiger partial charge < -0.3 is 14.6 Å². The van der Waals surface area contributed by atoms with Crippen LogP contribution < -0.4 is 10.1 Å². The second kappa shape index (κ2) is 12.9. The van der Waals surface area contributed by atoms with Gasteiger partial charge in [-0.15, -0.1) is 5.10 Å². The van der Waals surface area contributed by atoms with E-state index in [1.807, 2.05) is 79.7 Å². The average Bonchev–Trinajstić information content (AvgIpc) is 3.63. The highest BCUT2D eigenvalue weighted by Crippen LogP contribution is 2.37. The van der Waals surface area contributed by atoms with Crippen LogP contribution in [0.5, 0.6) is 5.75 Å². The zero-order valence-electron chi connectivity index (χ0n) is 23.5. The number of amides is 1. The van der Waals surface area contributed by atoms with Crippen molar-refractivity contribution in [1.29, 1.82) is 0 Å². The van der Waals surface area contributed by atoms with E-state index in [4.69, 9.17) is 9.72 Å². The first kappa shape index (κ1) is 28.1. The lowest BCUT2D eigenvalue weighted by molar-refractivity contribution is -0.116. The number of ether oxygens (including phenoxy) is 1. The van der Waals surface area contributed by atoms with Crippen LogP contribution in [0.15, 0.2) is 120 Å². The monoisotopic (exact) mass is 632 g/mol. The number of nitrogens with one attached hydrogen (secondary N) is 1. The van der Waals surface area contributed by atoms with Gasteiger partial charge in [0, 0.05) is 21.2 Å². The molecule has 214 valence electrons. The molecule has 8 nitrogen and oxygen atoms in total. The predicted octanol–water partition coefficient (Wildman–Crippen LogP) is 7.32. The Bertz CT molecular complexity index is 1850. The summed E-state index contributed by atoms with van der Waals surface area (Å²) in [7, 11) is 0. The zero-order valence-corrected chi connectivity index (χ0v) is 25.1. The van der Waals surface area contributed by atoms with Gasteiger partial charge in [0.1, 0.15) is 23.8 Å². The van der Waals surface area contributed by atoms with Crippen LogP contribution in [0.4, 0.5) is 5.69 Å². The number of anilines is 1. The lowest BCUT2D eigenvalue weighted by atomic mass is 10.0. The summed E-state index contributed by atoms with van der Waals surface area (Å²) in [5, 5.41) is 11.6. The van der Waals surface area contributed by atoms with E-state index in [1.54, 1.807) is 10.9 Å². The van der Waals surface area contributed by atoms with Gasteiger partial charge in [0.15, 0.2) is 0 Å². The number of hydrogen-bond acceptors (Lipinski definition) is 5. The first-order valence-electron chi connectivity index (χ1n) is 14.0. The quantitative estimate of drug-likeness (QED) is 0.171. The van der Waals surface area contributed by atoms with Crippen LogP contribution in [0.1, 0.15) is 12.6 Å². The fourth-order valence-electron chi connectivity index (χ4n) is 4.98. The van der Waals surface area contributed by atoms with Gasteiger partial charge in [-0.05, 0) is 31.2 Å². The molecule has 0 radical (unpaired) electrons. The predicted molar refractivity (Wildman–Crippen MR) is 172 cm³/mol. The van der Waals surface area contributed by atoms with Crippen LogP contribution in [-0.2, 0) is 17.9 Å². The molecular formula is C34H29BrN6O2. The van der Waals surface area contributed by atoms with Crippen molar-refractivity contribution in [2.24, 2.45) is 0 Å². The highest BCUT2D eigenvalue weighted by molar-refractivity contribution is 9.10. The van der Waals surface area contributed by atoms with Crippen LogP contribution in [-0.4, -0.2) is 37.1 Å². The van der Waals surface area contributed by atoms with Gasteiger partial charge >= 0.3 is 0 Å². The van der Waals surface area contributed by atoms with E-state index in [1.165, 1.54) is 0 Å². The minimum absolute atomic E-state index is 0.0106. The maximum Gasteiger partial charge on any atom is 0.246 e. The fourth-order valence-corrected chi connectivity index (χ4v) is 5.38. The van der Waals surface area contributed by atoms with E-state index in [0.717, 1.165) is 38.4 Å². The SMILES string of the molecule is CCOc1ccccc1NC(=O)Cn1cc(Cn2c(-c3cccc(Br)c3)nc(-c3ccccc3)c2-c2ccccc2)nn1. The third kappa shape index (κ3) is 6.42. The number of carbonyl (C=O) groups is 1. The normalized spacial score (nSPS) is 10.9. The topological polar surface area (TPSA) is 86.9 Å². The average molecular weight is 634 g/mol. The van der Waals surface area contributed by atoms with E-state index >= 15 is 0 Å². The number of hydrogen-bond donors (Lipinski definition) is 1. The van der Waals surface area contributed by atoms with E-state index in [9.17, 15) is 4.79 Å². The van der Waals surface area contributed by atoms with Crippen molar-refractivity contribution in [2.75, 3.05) is 11.9 Å². The number of carbonyl (C=O) groups excluding carboxylic acids is 1. The van der Waals surface area contributed by atoms with Crippen LogP contribution in [0.2, 0.25) is 0 Å². The fraction of sp³-hybridized carbons (Fsp3) is 0.118. The summed E-state index contributed by atoms with van der Waals surface area (Å²) < 4.78 is 10.3. The van der Waals surface area contributed by atoms with Gasteiger partial charge in [-0.2, -0.15) is 0 Å². The molecule has 6 aromatic rings. The van der Waals surface area contributed by atoms with Gasteiger partial charge in [0.2, 0.25) is 5.91 Å². The molecule has 0 fully saturated rings. The summed E-state index contributed by atoms with van der Waals surface area (Å²) in [5.41, 5.74) is 6.19. The molecule has 2 aromatic heterocycles. The lowest BCUT2D eigenvalue weighted by Crippen LogP contribution is -2.19. The van der Waals surface area contributed by atoms with Crippen molar-refractivity contribution in [3.05, 3.63) is 126 Å². The molecule has 0 unspecified atom stereocenters. The number of rotatable bonds is 10. The Hall–Kier alpha value is -5.02. The molecule has 6 rings (SSSR count). The van der Waals surface area contributed by atoms with Crippen LogP contribution in [0.3, 0.4) is 0 Å². The molecular weight excluding hydrogens is 604 g/mol. The Morgan fingerprint density at radius 2 is 1.56 bits per heavy atom. The molecule has 43 heavy (non-hydrogen) atoms. The van der Waals surface area contributed by atoms with E-state index < -0.39 is 0 Å². The lowest BCUT2D eigenvalue weighted by Gasteiger charge is -2.12. The minimum Gasteiger partial charge on any atom is -0.492 e. The molecule has 1 amide bonds. The van der Waals surface area contributed by atoms with E-state index in [0.29, 0.717) is 30.3 Å². The van der Waals surface area contributed by atoms with Gasteiger partial charge in [-0.1, -0.05) is 106 Å². The molecule has 0 saturated carbocycles. The van der Waals surface area contributed by atoms with Crippen LogP contribution >= 0.6 is 15.9 Å². The smallest absolute Gasteiger partial charge is 0.246 e. The van der Waals surface area contributed by atoms with Crippen molar-refractivity contribution in [2.45, 2.75) is 20.0 Å². The van der Waals surface area contributed by atoms with E-state index in [-0.39, 0.29) is 12.5 Å². The molecule has 2 heterocycles. The molecule has 0 aliphatic rings. The highest BCUT2D eigenvalue weighted by atomic mass is 79.9. The Labute approximate surface area is 258 Å². The number of imidazole rings is 1. The van der Waals surface area contributed by atoms with Crippen molar-refractivity contribution in [1.82, 2.24) is 24.5 Å². The first-order valence-corrected chi connectivity index (χ1v) is 14.8. The van der Waals surface area contributed by atoms with Gasteiger partial charge in [-0.3, -0.25) is 4.79 Å². The second-order valence-corrected chi connectivity index (χ2v) is 10.8. The van der Waals surface area contributed by atoms with Gasteiger partial charge in [0.25, 0.3) is 0 Å². The molecule has 0 saturated heterocycles. The number of para-hydroxylation sites is 2. The Balaban J connectivity index is 1.36. The molecule has 0 spiro atoms. The zero-order chi connectivity index (χ0) is 29.6. The Kier molecular flexibility index (Phi) is 8.42. The molecule has 4 aromatic carbocycles. The standard InChI is InChI=1S/C34H29BrN6O2/c1-2-43-30-19-10-9-18-29(30)36-31(42)23-40-21-28(38-39-40)22-41-33(25-14-7-4-8-15-25)32(24-12-5-3-6-13-24)37-34(41)26-16-11-17-27(35)20-26/h3-21H,2,22-23H2,1H3,(H,36,42). The molecule has 0 aliphatic carbocycles. The van der Waals surface area contributed by atoms with Gasteiger partial charge in [-0.25, -0.2) is 9.67 Å². The van der Waals surface area contributed by atoms with Crippen molar-refractivity contribution in [3.8, 4) is 39.7 Å². The largest absolute Gasteiger partial charge is 0.492 e. The molecule has 1 N–H and O–H groups in total. The maximum absolute atomic E-state index is 12.9. The van der Waals surface area contributed by atoms with Gasteiger partial charge in [0.05, 0.1) is 36.4 Å². The van der Waals surface area contributed by atoms with Crippen molar-refractivity contribution < 1.29 is 9.53 Å². The van der Waals surface area contributed by atoms with Crippen LogP contribution in [0, 0.1) is 0 Å². The number of halogens is 1. The summed E-state index contributed by atoms with van der Waals surface area (Å²) in [4.78, 5) is 18.1. The molecule has 0 bridgehead atoms.